The van der Waals surface area contributed by atoms with Gasteiger partial charge in [0.1, 0.15) is 6.54 Å². The molecule has 2 aliphatic heterocycles. The lowest BCUT2D eigenvalue weighted by Gasteiger charge is -2.11. The molecule has 136 valence electrons. The summed E-state index contributed by atoms with van der Waals surface area (Å²) in [5.74, 6) is 1.05. The van der Waals surface area contributed by atoms with Gasteiger partial charge in [0.25, 0.3) is 5.56 Å². The smallest absolute Gasteiger partial charge is 0.267 e. The van der Waals surface area contributed by atoms with Crippen molar-refractivity contribution in [2.75, 3.05) is 19.9 Å². The molecule has 2 aliphatic rings. The Morgan fingerprint density at radius 1 is 1.23 bits per heavy atom. The average Bonchev–Trinajstić information content (AvgIpc) is 3.32. The van der Waals surface area contributed by atoms with Crippen molar-refractivity contribution in [3.8, 4) is 22.8 Å². The second-order valence-corrected chi connectivity index (χ2v) is 6.22. The first-order chi connectivity index (χ1) is 12.7. The molecule has 3 heterocycles. The van der Waals surface area contributed by atoms with Crippen molar-refractivity contribution in [1.29, 1.82) is 0 Å². The zero-order chi connectivity index (χ0) is 17.9. The molecule has 1 N–H and O–H groups in total. The van der Waals surface area contributed by atoms with Crippen LogP contribution < -0.4 is 20.3 Å². The fourth-order valence-corrected chi connectivity index (χ4v) is 3.00. The number of nitrogens with one attached hydrogen (secondary N) is 1. The molecule has 1 aromatic carbocycles. The van der Waals surface area contributed by atoms with E-state index in [1.165, 1.54) is 6.07 Å². The summed E-state index contributed by atoms with van der Waals surface area (Å²) in [7, 11) is 0. The van der Waals surface area contributed by atoms with Crippen LogP contribution in [0.3, 0.4) is 0 Å². The van der Waals surface area contributed by atoms with Crippen LogP contribution in [0.2, 0.25) is 0 Å². The molecule has 8 nitrogen and oxygen atoms in total. The Morgan fingerprint density at radius 2 is 2.12 bits per heavy atom. The highest BCUT2D eigenvalue weighted by Crippen LogP contribution is 2.35. The lowest BCUT2D eigenvalue weighted by Crippen LogP contribution is -2.37. The predicted molar refractivity (Wildman–Crippen MR) is 92.0 cm³/mol. The molecule has 0 unspecified atom stereocenters. The molecule has 2 aromatic rings. The summed E-state index contributed by atoms with van der Waals surface area (Å²) in [6.45, 7) is 1.25. The molecule has 0 aliphatic carbocycles. The fraction of sp³-hybridized carbons (Fsp3) is 0.389. The Labute approximate surface area is 149 Å². The van der Waals surface area contributed by atoms with Gasteiger partial charge in [0, 0.05) is 24.8 Å². The number of amides is 1. The number of rotatable bonds is 5. The van der Waals surface area contributed by atoms with Gasteiger partial charge in [0.2, 0.25) is 12.7 Å². The van der Waals surface area contributed by atoms with Crippen LogP contribution in [0.1, 0.15) is 12.8 Å². The van der Waals surface area contributed by atoms with Crippen LogP contribution in [-0.2, 0) is 16.1 Å². The van der Waals surface area contributed by atoms with Crippen molar-refractivity contribution in [3.05, 3.63) is 40.7 Å². The molecule has 4 rings (SSSR count). The van der Waals surface area contributed by atoms with Crippen molar-refractivity contribution < 1.29 is 19.0 Å². The third-order valence-corrected chi connectivity index (χ3v) is 4.38. The van der Waals surface area contributed by atoms with E-state index in [2.05, 4.69) is 10.4 Å². The number of ether oxygens (including phenoxy) is 3. The Kier molecular flexibility index (Phi) is 4.57. The summed E-state index contributed by atoms with van der Waals surface area (Å²) in [5, 5.41) is 7.10. The number of fused-ring (bicyclic) bond motifs is 1. The van der Waals surface area contributed by atoms with Crippen LogP contribution >= 0.6 is 0 Å². The molecule has 0 radical (unpaired) electrons. The third kappa shape index (κ3) is 3.55. The highest BCUT2D eigenvalue weighted by Gasteiger charge is 2.17. The van der Waals surface area contributed by atoms with Crippen molar-refractivity contribution >= 4 is 5.91 Å². The number of nitrogens with zero attached hydrogens (tertiary/aromatic N) is 2. The maximum absolute atomic E-state index is 12.1. The topological polar surface area (TPSA) is 91.7 Å². The molecule has 1 atom stereocenters. The number of aromatic nitrogens is 2. The molecule has 26 heavy (non-hydrogen) atoms. The van der Waals surface area contributed by atoms with Crippen LogP contribution in [0, 0.1) is 0 Å². The Morgan fingerprint density at radius 3 is 2.96 bits per heavy atom. The Hall–Kier alpha value is -2.87. The first-order valence-corrected chi connectivity index (χ1v) is 8.55. The van der Waals surface area contributed by atoms with E-state index >= 15 is 0 Å². The lowest BCUT2D eigenvalue weighted by atomic mass is 10.1. The van der Waals surface area contributed by atoms with Gasteiger partial charge in [-0.3, -0.25) is 9.59 Å². The summed E-state index contributed by atoms with van der Waals surface area (Å²) in [4.78, 5) is 24.2. The summed E-state index contributed by atoms with van der Waals surface area (Å²) in [6.07, 6.45) is 2.01. The molecule has 1 fully saturated rings. The summed E-state index contributed by atoms with van der Waals surface area (Å²) in [5.41, 5.74) is 1.03. The van der Waals surface area contributed by atoms with Crippen molar-refractivity contribution in [2.45, 2.75) is 25.5 Å². The minimum atomic E-state index is -0.332. The van der Waals surface area contributed by atoms with Gasteiger partial charge in [-0.1, -0.05) is 0 Å². The predicted octanol–water partition coefficient (Wildman–Crippen LogP) is 0.934. The molecule has 1 amide bonds. The van der Waals surface area contributed by atoms with E-state index in [1.54, 1.807) is 18.2 Å². The van der Waals surface area contributed by atoms with Gasteiger partial charge < -0.3 is 19.5 Å². The van der Waals surface area contributed by atoms with Gasteiger partial charge in [-0.2, -0.15) is 5.10 Å². The summed E-state index contributed by atoms with van der Waals surface area (Å²) >= 11 is 0. The van der Waals surface area contributed by atoms with Gasteiger partial charge in [-0.25, -0.2) is 4.68 Å². The standard InChI is InChI=1S/C18H19N3O5/c22-17(19-9-13-2-1-7-24-13)10-21-18(23)6-4-14(20-21)12-3-5-15-16(8-12)26-11-25-15/h3-6,8,13H,1-2,7,9-11H2,(H,19,22)/t13-/m1/s1. The summed E-state index contributed by atoms with van der Waals surface area (Å²) < 4.78 is 17.3. The fourth-order valence-electron chi connectivity index (χ4n) is 3.00. The second-order valence-electron chi connectivity index (χ2n) is 6.22. The molecular weight excluding hydrogens is 338 g/mol. The number of carbonyl (C=O) groups excluding carboxylic acids is 1. The van der Waals surface area contributed by atoms with Crippen molar-refractivity contribution in [3.63, 3.8) is 0 Å². The van der Waals surface area contributed by atoms with E-state index < -0.39 is 0 Å². The van der Waals surface area contributed by atoms with E-state index in [-0.39, 0.29) is 30.9 Å². The van der Waals surface area contributed by atoms with Crippen LogP contribution in [-0.4, -0.2) is 41.7 Å². The van der Waals surface area contributed by atoms with Crippen LogP contribution in [0.5, 0.6) is 11.5 Å². The SMILES string of the molecule is O=C(Cn1nc(-c2ccc3c(c2)OCO3)ccc1=O)NC[C@H]1CCCO1. The average molecular weight is 357 g/mol. The normalized spacial score (nSPS) is 18.1. The minimum Gasteiger partial charge on any atom is -0.454 e. The molecule has 0 saturated carbocycles. The zero-order valence-corrected chi connectivity index (χ0v) is 14.1. The van der Waals surface area contributed by atoms with Crippen LogP contribution in [0.4, 0.5) is 0 Å². The van der Waals surface area contributed by atoms with E-state index in [4.69, 9.17) is 14.2 Å². The largest absolute Gasteiger partial charge is 0.454 e. The van der Waals surface area contributed by atoms with Crippen LogP contribution in [0.15, 0.2) is 35.1 Å². The first-order valence-electron chi connectivity index (χ1n) is 8.55. The van der Waals surface area contributed by atoms with Gasteiger partial charge in [0.15, 0.2) is 11.5 Å². The van der Waals surface area contributed by atoms with Gasteiger partial charge in [-0.05, 0) is 37.1 Å². The van der Waals surface area contributed by atoms with Gasteiger partial charge in [0.05, 0.1) is 11.8 Å². The van der Waals surface area contributed by atoms with E-state index in [0.717, 1.165) is 29.7 Å². The Balaban J connectivity index is 1.47. The molecule has 0 spiro atoms. The Bertz CT molecular complexity index is 873. The van der Waals surface area contributed by atoms with Crippen molar-refractivity contribution in [2.24, 2.45) is 0 Å². The first kappa shape index (κ1) is 16.6. The number of carbonyl (C=O) groups is 1. The highest BCUT2D eigenvalue weighted by molar-refractivity contribution is 5.75. The van der Waals surface area contributed by atoms with E-state index in [1.807, 2.05) is 6.07 Å². The monoisotopic (exact) mass is 357 g/mol. The maximum atomic E-state index is 12.1. The maximum Gasteiger partial charge on any atom is 0.267 e. The number of benzene rings is 1. The minimum absolute atomic E-state index is 0.0589. The summed E-state index contributed by atoms with van der Waals surface area (Å²) in [6, 6.07) is 8.46. The lowest BCUT2D eigenvalue weighted by molar-refractivity contribution is -0.122. The molecular formula is C18H19N3O5. The van der Waals surface area contributed by atoms with E-state index in [9.17, 15) is 9.59 Å². The molecule has 1 saturated heterocycles. The van der Waals surface area contributed by atoms with Crippen LogP contribution in [0.25, 0.3) is 11.3 Å². The zero-order valence-electron chi connectivity index (χ0n) is 14.1. The quantitative estimate of drug-likeness (QED) is 0.856. The van der Waals surface area contributed by atoms with Gasteiger partial charge >= 0.3 is 0 Å². The number of hydrogen-bond donors (Lipinski definition) is 1. The second kappa shape index (κ2) is 7.17. The number of hydrogen-bond acceptors (Lipinski definition) is 6. The molecule has 0 bridgehead atoms. The highest BCUT2D eigenvalue weighted by atomic mass is 16.7. The van der Waals surface area contributed by atoms with E-state index in [0.29, 0.717) is 23.7 Å². The third-order valence-electron chi connectivity index (χ3n) is 4.38. The molecule has 1 aromatic heterocycles. The van der Waals surface area contributed by atoms with Crippen molar-refractivity contribution in [1.82, 2.24) is 15.1 Å². The molecule has 8 heteroatoms. The van der Waals surface area contributed by atoms with Gasteiger partial charge in [-0.15, -0.1) is 0 Å².